The van der Waals surface area contributed by atoms with Gasteiger partial charge in [0.25, 0.3) is 0 Å². The van der Waals surface area contributed by atoms with Crippen molar-refractivity contribution in [2.75, 3.05) is 7.11 Å². The van der Waals surface area contributed by atoms with E-state index in [1.165, 1.54) is 0 Å². The van der Waals surface area contributed by atoms with Crippen LogP contribution in [0.25, 0.3) is 6.08 Å². The lowest BCUT2D eigenvalue weighted by Gasteiger charge is -2.05. The Morgan fingerprint density at radius 1 is 1.13 bits per heavy atom. The summed E-state index contributed by atoms with van der Waals surface area (Å²) >= 11 is 6.81. The van der Waals surface area contributed by atoms with Gasteiger partial charge in [-0.2, -0.15) is 0 Å². The Morgan fingerprint density at radius 2 is 1.87 bits per heavy atom. The van der Waals surface area contributed by atoms with Crippen LogP contribution in [0.1, 0.15) is 11.1 Å². The van der Waals surface area contributed by atoms with E-state index in [1.54, 1.807) is 31.4 Å². The largest absolute Gasteiger partial charge is 0.497 e. The van der Waals surface area contributed by atoms with E-state index in [0.717, 1.165) is 14.5 Å². The second-order valence-corrected chi connectivity index (χ2v) is 6.50. The molecule has 1 heterocycles. The van der Waals surface area contributed by atoms with Gasteiger partial charge in [0.05, 0.1) is 12.7 Å². The summed E-state index contributed by atoms with van der Waals surface area (Å²) in [5.74, 6) is 0.509. The van der Waals surface area contributed by atoms with Crippen LogP contribution in [0.15, 0.2) is 62.1 Å². The van der Waals surface area contributed by atoms with Crippen molar-refractivity contribution in [2.45, 2.75) is 0 Å². The molecule has 0 aliphatic carbocycles. The van der Waals surface area contributed by atoms with E-state index >= 15 is 0 Å². The molecule has 0 fully saturated rings. The number of carbonyl (C=O) groups is 1. The first kappa shape index (κ1) is 16.0. The minimum atomic E-state index is -0.467. The minimum Gasteiger partial charge on any atom is -0.497 e. The Labute approximate surface area is 150 Å². The number of hydrogen-bond donors (Lipinski definition) is 0. The quantitative estimate of drug-likeness (QED) is 0.523. The lowest BCUT2D eigenvalue weighted by Crippen LogP contribution is -2.06. The summed E-state index contributed by atoms with van der Waals surface area (Å²) in [6.45, 7) is 0. The molecular weight excluding hydrogens is 426 g/mol. The molecule has 0 N–H and O–H groups in total. The first-order chi connectivity index (χ1) is 11.1. The maximum Gasteiger partial charge on any atom is 0.363 e. The van der Waals surface area contributed by atoms with Crippen LogP contribution in [-0.4, -0.2) is 19.0 Å². The van der Waals surface area contributed by atoms with Crippen LogP contribution in [0.5, 0.6) is 5.75 Å². The lowest BCUT2D eigenvalue weighted by atomic mass is 10.2. The second-order valence-electron chi connectivity index (χ2n) is 4.73. The number of benzene rings is 2. The highest BCUT2D eigenvalue weighted by molar-refractivity contribution is 9.10. The number of nitrogens with zero attached hydrogens (tertiary/aromatic N) is 1. The topological polar surface area (TPSA) is 47.9 Å². The van der Waals surface area contributed by atoms with Crippen LogP contribution in [0.2, 0.25) is 0 Å². The molecule has 0 saturated heterocycles. The number of aliphatic imine (C=N–C) groups is 1. The van der Waals surface area contributed by atoms with Gasteiger partial charge in [0.1, 0.15) is 5.75 Å². The number of carbonyl (C=O) groups excluding carboxylic acids is 1. The zero-order valence-electron chi connectivity index (χ0n) is 12.0. The van der Waals surface area contributed by atoms with Gasteiger partial charge in [-0.3, -0.25) is 0 Å². The van der Waals surface area contributed by atoms with Crippen molar-refractivity contribution in [2.24, 2.45) is 4.99 Å². The Morgan fingerprint density at radius 3 is 2.52 bits per heavy atom. The first-order valence-electron chi connectivity index (χ1n) is 6.69. The predicted molar refractivity (Wildman–Crippen MR) is 95.4 cm³/mol. The maximum atomic E-state index is 12.0. The van der Waals surface area contributed by atoms with Crippen LogP contribution < -0.4 is 4.74 Å². The third kappa shape index (κ3) is 3.54. The fraction of sp³-hybridized carbons (Fsp3) is 0.0588. The molecule has 116 valence electrons. The van der Waals surface area contributed by atoms with Crippen molar-refractivity contribution in [3.05, 3.63) is 68.2 Å². The summed E-state index contributed by atoms with van der Waals surface area (Å²) in [5, 5.41) is 0. The standard InChI is InChI=1S/C17H11Br2NO3/c1-22-12-6-7-13(14(19)9-12)16-20-15(17(21)23-16)8-10-2-4-11(18)5-3-10/h2-9H,1H3. The molecule has 6 heteroatoms. The molecule has 1 aliphatic heterocycles. The monoisotopic (exact) mass is 435 g/mol. The van der Waals surface area contributed by atoms with Gasteiger partial charge in [-0.1, -0.05) is 28.1 Å². The number of cyclic esters (lactones) is 1. The first-order valence-corrected chi connectivity index (χ1v) is 8.27. The van der Waals surface area contributed by atoms with E-state index in [9.17, 15) is 4.79 Å². The van der Waals surface area contributed by atoms with Gasteiger partial charge in [0.2, 0.25) is 5.90 Å². The average molecular weight is 437 g/mol. The Bertz CT molecular complexity index is 826. The Kier molecular flexibility index (Phi) is 4.63. The molecule has 0 spiro atoms. The molecule has 0 bridgehead atoms. The number of methoxy groups -OCH3 is 1. The van der Waals surface area contributed by atoms with E-state index in [4.69, 9.17) is 9.47 Å². The molecule has 0 amide bonds. The van der Waals surface area contributed by atoms with Crippen molar-refractivity contribution < 1.29 is 14.3 Å². The van der Waals surface area contributed by atoms with Gasteiger partial charge in [-0.05, 0) is 57.9 Å². The molecule has 0 radical (unpaired) electrons. The third-order valence-corrected chi connectivity index (χ3v) is 4.39. The summed E-state index contributed by atoms with van der Waals surface area (Å²) in [6, 6.07) is 12.9. The van der Waals surface area contributed by atoms with Gasteiger partial charge in [0, 0.05) is 8.95 Å². The molecule has 2 aromatic carbocycles. The summed E-state index contributed by atoms with van der Waals surface area (Å²) in [7, 11) is 1.59. The minimum absolute atomic E-state index is 0.269. The van der Waals surface area contributed by atoms with Crippen LogP contribution in [-0.2, 0) is 9.53 Å². The highest BCUT2D eigenvalue weighted by atomic mass is 79.9. The van der Waals surface area contributed by atoms with E-state index in [-0.39, 0.29) is 11.6 Å². The fourth-order valence-electron chi connectivity index (χ4n) is 2.04. The van der Waals surface area contributed by atoms with Crippen LogP contribution in [0.4, 0.5) is 0 Å². The Hall–Kier alpha value is -1.92. The van der Waals surface area contributed by atoms with E-state index in [1.807, 2.05) is 24.3 Å². The van der Waals surface area contributed by atoms with Crippen molar-refractivity contribution in [3.8, 4) is 5.75 Å². The molecule has 4 nitrogen and oxygen atoms in total. The van der Waals surface area contributed by atoms with Crippen molar-refractivity contribution in [1.82, 2.24) is 0 Å². The third-order valence-electron chi connectivity index (χ3n) is 3.20. The number of esters is 1. The normalized spacial score (nSPS) is 15.5. The molecule has 1 aliphatic rings. The molecular formula is C17H11Br2NO3. The summed E-state index contributed by atoms with van der Waals surface area (Å²) in [4.78, 5) is 16.3. The predicted octanol–water partition coefficient (Wildman–Crippen LogP) is 4.56. The molecule has 0 saturated carbocycles. The lowest BCUT2D eigenvalue weighted by molar-refractivity contribution is -0.129. The maximum absolute atomic E-state index is 12.0. The fourth-order valence-corrected chi connectivity index (χ4v) is 2.83. The average Bonchev–Trinajstić information content (AvgIpc) is 2.90. The number of rotatable bonds is 3. The summed E-state index contributed by atoms with van der Waals surface area (Å²) in [6.07, 6.45) is 1.69. The molecule has 23 heavy (non-hydrogen) atoms. The highest BCUT2D eigenvalue weighted by Gasteiger charge is 2.25. The SMILES string of the molecule is COc1ccc(C2=NC(=Cc3ccc(Br)cc3)C(=O)O2)c(Br)c1. The molecule has 0 unspecified atom stereocenters. The van der Waals surface area contributed by atoms with Crippen LogP contribution in [0, 0.1) is 0 Å². The zero-order valence-corrected chi connectivity index (χ0v) is 15.2. The Balaban J connectivity index is 1.93. The van der Waals surface area contributed by atoms with Crippen LogP contribution >= 0.6 is 31.9 Å². The van der Waals surface area contributed by atoms with E-state index < -0.39 is 5.97 Å². The molecule has 3 rings (SSSR count). The summed E-state index contributed by atoms with van der Waals surface area (Å²) in [5.41, 5.74) is 1.84. The van der Waals surface area contributed by atoms with Gasteiger partial charge >= 0.3 is 5.97 Å². The van der Waals surface area contributed by atoms with Gasteiger partial charge < -0.3 is 9.47 Å². The molecule has 0 atom stereocenters. The molecule has 2 aromatic rings. The zero-order chi connectivity index (χ0) is 16.4. The molecule has 0 aromatic heterocycles. The van der Waals surface area contributed by atoms with E-state index in [2.05, 4.69) is 36.9 Å². The van der Waals surface area contributed by atoms with Crippen LogP contribution in [0.3, 0.4) is 0 Å². The number of ether oxygens (including phenoxy) is 2. The van der Waals surface area contributed by atoms with Gasteiger partial charge in [-0.15, -0.1) is 0 Å². The summed E-state index contributed by atoms with van der Waals surface area (Å²) < 4.78 is 12.1. The van der Waals surface area contributed by atoms with Crippen molar-refractivity contribution in [1.29, 1.82) is 0 Å². The second kappa shape index (κ2) is 6.68. The number of hydrogen-bond acceptors (Lipinski definition) is 4. The van der Waals surface area contributed by atoms with Gasteiger partial charge in [-0.25, -0.2) is 9.79 Å². The van der Waals surface area contributed by atoms with E-state index in [0.29, 0.717) is 11.3 Å². The van der Waals surface area contributed by atoms with Crippen molar-refractivity contribution in [3.63, 3.8) is 0 Å². The number of halogens is 2. The smallest absolute Gasteiger partial charge is 0.363 e. The van der Waals surface area contributed by atoms with Crippen molar-refractivity contribution >= 4 is 49.8 Å². The highest BCUT2D eigenvalue weighted by Crippen LogP contribution is 2.27. The van der Waals surface area contributed by atoms with Gasteiger partial charge in [0.15, 0.2) is 5.70 Å².